The van der Waals surface area contributed by atoms with Gasteiger partial charge in [0, 0.05) is 5.41 Å². The highest BCUT2D eigenvalue weighted by Gasteiger charge is 2.37. The Bertz CT molecular complexity index is 2420. The van der Waals surface area contributed by atoms with Crippen molar-refractivity contribution < 1.29 is 0 Å². The largest absolute Gasteiger partial charge is 0.0619 e. The summed E-state index contributed by atoms with van der Waals surface area (Å²) in [5.74, 6) is 0. The normalized spacial score (nSPS) is 13.5. The number of benzene rings is 8. The molecule has 0 bridgehead atoms. The first-order chi connectivity index (χ1) is 21.5. The van der Waals surface area contributed by atoms with E-state index in [9.17, 15) is 0 Å². The third-order valence-corrected chi connectivity index (χ3v) is 10.1. The molecule has 0 fully saturated rings. The predicted molar refractivity (Wildman–Crippen MR) is 190 cm³/mol. The van der Waals surface area contributed by atoms with Crippen molar-refractivity contribution in [1.82, 2.24) is 0 Å². The standard InChI is InChI=1S/C44H32/c1-27-23-24-34-37(25-27)40(36-20-12-22-39-41(36)35-19-10-11-21-38(35)44(39,2)3)32-17-8-9-18-33(32)43(34)42-30-15-6-4-13-28(30)26-29-14-5-7-16-31(29)42/h4-26H,1-3H3. The molecule has 0 spiro atoms. The number of hydrogen-bond acceptors (Lipinski definition) is 0. The molecule has 1 aliphatic rings. The summed E-state index contributed by atoms with van der Waals surface area (Å²) in [5, 5.41) is 10.3. The van der Waals surface area contributed by atoms with Crippen molar-refractivity contribution in [2.24, 2.45) is 0 Å². The molecule has 44 heavy (non-hydrogen) atoms. The second-order valence-corrected chi connectivity index (χ2v) is 12.9. The summed E-state index contributed by atoms with van der Waals surface area (Å²) in [6.45, 7) is 6.96. The van der Waals surface area contributed by atoms with Crippen molar-refractivity contribution in [2.75, 3.05) is 0 Å². The van der Waals surface area contributed by atoms with Crippen LogP contribution in [-0.4, -0.2) is 0 Å². The molecule has 0 nitrogen and oxygen atoms in total. The quantitative estimate of drug-likeness (QED) is 0.184. The molecule has 0 amide bonds. The minimum Gasteiger partial charge on any atom is -0.0619 e. The maximum atomic E-state index is 2.42. The molecule has 0 N–H and O–H groups in total. The van der Waals surface area contributed by atoms with Crippen LogP contribution in [0.2, 0.25) is 0 Å². The van der Waals surface area contributed by atoms with Crippen LogP contribution >= 0.6 is 0 Å². The van der Waals surface area contributed by atoms with Crippen LogP contribution in [0.4, 0.5) is 0 Å². The summed E-state index contributed by atoms with van der Waals surface area (Å²) in [6.07, 6.45) is 0. The maximum absolute atomic E-state index is 2.42. The zero-order valence-corrected chi connectivity index (χ0v) is 25.3. The van der Waals surface area contributed by atoms with Crippen LogP contribution in [0, 0.1) is 6.92 Å². The SMILES string of the molecule is Cc1ccc2c(-c3c4ccccc4cc4ccccc34)c3ccccc3c(-c3cccc4c3-c3ccccc3C4(C)C)c2c1. The Morgan fingerprint density at radius 2 is 0.886 bits per heavy atom. The van der Waals surface area contributed by atoms with Crippen molar-refractivity contribution in [1.29, 1.82) is 0 Å². The summed E-state index contributed by atoms with van der Waals surface area (Å²) in [6, 6.07) is 52.2. The van der Waals surface area contributed by atoms with E-state index >= 15 is 0 Å². The molecule has 8 aromatic carbocycles. The molecule has 8 aromatic rings. The fourth-order valence-corrected chi connectivity index (χ4v) is 8.10. The summed E-state index contributed by atoms with van der Waals surface area (Å²) in [4.78, 5) is 0. The highest BCUT2D eigenvalue weighted by atomic mass is 14.4. The van der Waals surface area contributed by atoms with Crippen molar-refractivity contribution in [3.05, 3.63) is 156 Å². The van der Waals surface area contributed by atoms with Gasteiger partial charge in [-0.1, -0.05) is 153 Å². The van der Waals surface area contributed by atoms with E-state index in [4.69, 9.17) is 0 Å². The van der Waals surface area contributed by atoms with Crippen LogP contribution in [-0.2, 0) is 5.41 Å². The van der Waals surface area contributed by atoms with Gasteiger partial charge in [-0.2, -0.15) is 0 Å². The van der Waals surface area contributed by atoms with Crippen molar-refractivity contribution in [3.8, 4) is 33.4 Å². The molecule has 0 saturated carbocycles. The minimum atomic E-state index is -0.0503. The molecule has 0 aromatic heterocycles. The van der Waals surface area contributed by atoms with E-state index < -0.39 is 0 Å². The van der Waals surface area contributed by atoms with E-state index in [2.05, 4.69) is 160 Å². The highest BCUT2D eigenvalue weighted by Crippen LogP contribution is 2.55. The molecular weight excluding hydrogens is 528 g/mol. The lowest BCUT2D eigenvalue weighted by molar-refractivity contribution is 0.660. The monoisotopic (exact) mass is 560 g/mol. The first kappa shape index (κ1) is 25.3. The molecule has 0 atom stereocenters. The molecule has 0 heteroatoms. The Hall–Kier alpha value is -5.20. The van der Waals surface area contributed by atoms with Crippen LogP contribution in [0.5, 0.6) is 0 Å². The first-order valence-electron chi connectivity index (χ1n) is 15.6. The van der Waals surface area contributed by atoms with Gasteiger partial charge in [0.2, 0.25) is 0 Å². The zero-order chi connectivity index (χ0) is 29.6. The lowest BCUT2D eigenvalue weighted by Gasteiger charge is -2.23. The highest BCUT2D eigenvalue weighted by molar-refractivity contribution is 6.28. The molecule has 9 rings (SSSR count). The second kappa shape index (κ2) is 9.15. The van der Waals surface area contributed by atoms with Crippen LogP contribution in [0.25, 0.3) is 76.5 Å². The predicted octanol–water partition coefficient (Wildman–Crippen LogP) is 12.2. The van der Waals surface area contributed by atoms with E-state index in [1.54, 1.807) is 0 Å². The molecule has 0 saturated heterocycles. The van der Waals surface area contributed by atoms with Crippen LogP contribution in [0.3, 0.4) is 0 Å². The summed E-state index contributed by atoms with van der Waals surface area (Å²) in [7, 11) is 0. The number of aryl methyl sites for hydroxylation is 1. The molecule has 0 unspecified atom stereocenters. The topological polar surface area (TPSA) is 0 Å². The minimum absolute atomic E-state index is 0.0503. The Morgan fingerprint density at radius 1 is 0.364 bits per heavy atom. The van der Waals surface area contributed by atoms with Gasteiger partial charge < -0.3 is 0 Å². The molecule has 208 valence electrons. The van der Waals surface area contributed by atoms with Gasteiger partial charge in [-0.3, -0.25) is 0 Å². The molecular formula is C44H32. The van der Waals surface area contributed by atoms with Gasteiger partial charge in [0.05, 0.1) is 0 Å². The second-order valence-electron chi connectivity index (χ2n) is 12.9. The smallest absolute Gasteiger partial charge is 0.0159 e. The summed E-state index contributed by atoms with van der Waals surface area (Å²) < 4.78 is 0. The van der Waals surface area contributed by atoms with Gasteiger partial charge in [0.1, 0.15) is 0 Å². The Morgan fingerprint density at radius 3 is 1.61 bits per heavy atom. The van der Waals surface area contributed by atoms with Crippen molar-refractivity contribution >= 4 is 43.1 Å². The Kier molecular flexibility index (Phi) is 5.26. The number of fused-ring (bicyclic) bond motifs is 7. The molecule has 0 aliphatic heterocycles. The third-order valence-electron chi connectivity index (χ3n) is 10.1. The first-order valence-corrected chi connectivity index (χ1v) is 15.6. The van der Waals surface area contributed by atoms with E-state index in [0.717, 1.165) is 0 Å². The fourth-order valence-electron chi connectivity index (χ4n) is 8.10. The van der Waals surface area contributed by atoms with Gasteiger partial charge >= 0.3 is 0 Å². The van der Waals surface area contributed by atoms with E-state index in [-0.39, 0.29) is 5.41 Å². The average molecular weight is 561 g/mol. The van der Waals surface area contributed by atoms with E-state index in [1.165, 1.54) is 93.2 Å². The van der Waals surface area contributed by atoms with Crippen molar-refractivity contribution in [2.45, 2.75) is 26.2 Å². The summed E-state index contributed by atoms with van der Waals surface area (Å²) >= 11 is 0. The zero-order valence-electron chi connectivity index (χ0n) is 25.3. The van der Waals surface area contributed by atoms with Gasteiger partial charge in [-0.25, -0.2) is 0 Å². The number of hydrogen-bond donors (Lipinski definition) is 0. The molecule has 0 heterocycles. The average Bonchev–Trinajstić information content (AvgIpc) is 3.29. The van der Waals surface area contributed by atoms with Crippen LogP contribution < -0.4 is 0 Å². The maximum Gasteiger partial charge on any atom is 0.0159 e. The van der Waals surface area contributed by atoms with Gasteiger partial charge in [-0.15, -0.1) is 0 Å². The molecule has 0 radical (unpaired) electrons. The van der Waals surface area contributed by atoms with Gasteiger partial charge in [0.25, 0.3) is 0 Å². The Balaban J connectivity index is 1.50. The van der Waals surface area contributed by atoms with Crippen LogP contribution in [0.15, 0.2) is 140 Å². The lowest BCUT2D eigenvalue weighted by Crippen LogP contribution is -2.14. The van der Waals surface area contributed by atoms with E-state index in [0.29, 0.717) is 0 Å². The van der Waals surface area contributed by atoms with Gasteiger partial charge in [-0.05, 0) is 101 Å². The molecule has 1 aliphatic carbocycles. The third kappa shape index (κ3) is 3.40. The Labute approximate surface area is 258 Å². The number of rotatable bonds is 2. The van der Waals surface area contributed by atoms with Crippen LogP contribution in [0.1, 0.15) is 30.5 Å². The fraction of sp³-hybridized carbons (Fsp3) is 0.0909. The summed E-state index contributed by atoms with van der Waals surface area (Å²) in [5.41, 5.74) is 12.1. The van der Waals surface area contributed by atoms with Crippen molar-refractivity contribution in [3.63, 3.8) is 0 Å². The van der Waals surface area contributed by atoms with E-state index in [1.807, 2.05) is 0 Å². The lowest BCUT2D eigenvalue weighted by atomic mass is 9.80. The van der Waals surface area contributed by atoms with Gasteiger partial charge in [0.15, 0.2) is 0 Å².